The van der Waals surface area contributed by atoms with Crippen LogP contribution in [0.25, 0.3) is 0 Å². The highest BCUT2D eigenvalue weighted by molar-refractivity contribution is 6.11. The molecular formula is C26H31N5O. The number of hydrogen-bond acceptors (Lipinski definition) is 6. The number of nitrogens with one attached hydrogen (secondary N) is 1. The van der Waals surface area contributed by atoms with Crippen LogP contribution in [0.4, 0.5) is 11.6 Å². The van der Waals surface area contributed by atoms with Crippen LogP contribution in [-0.2, 0) is 0 Å². The minimum Gasteiger partial charge on any atom is -0.383 e. The number of nitrogens with two attached hydrogens (primary N) is 1. The summed E-state index contributed by atoms with van der Waals surface area (Å²) in [6.45, 7) is 2.42. The molecule has 3 aromatic rings. The molecule has 32 heavy (non-hydrogen) atoms. The Kier molecular flexibility index (Phi) is 5.57. The lowest BCUT2D eigenvalue weighted by molar-refractivity contribution is 0.103. The number of ketones is 1. The largest absolute Gasteiger partial charge is 0.383 e. The summed E-state index contributed by atoms with van der Waals surface area (Å²) in [6, 6.07) is 17.9. The second kappa shape index (κ2) is 8.81. The number of pyridine rings is 2. The van der Waals surface area contributed by atoms with Crippen LogP contribution < -0.4 is 16.0 Å². The zero-order valence-corrected chi connectivity index (χ0v) is 17.8. The number of aromatic nitrogens is 2. The van der Waals surface area contributed by atoms with Gasteiger partial charge in [-0.05, 0) is 42.7 Å². The number of benzene rings is 1. The van der Waals surface area contributed by atoms with Crippen LogP contribution in [-0.4, -0.2) is 35.4 Å². The monoisotopic (exact) mass is 429 g/mol. The fraction of sp³-hybridized carbons (Fsp3) is 0.269. The fourth-order valence-electron chi connectivity index (χ4n) is 3.91. The minimum atomic E-state index is -0.243. The van der Waals surface area contributed by atoms with Gasteiger partial charge in [0.2, 0.25) is 5.78 Å². The second-order valence-electron chi connectivity index (χ2n) is 8.24. The van der Waals surface area contributed by atoms with Gasteiger partial charge in [0.1, 0.15) is 17.3 Å². The van der Waals surface area contributed by atoms with Gasteiger partial charge < -0.3 is 16.0 Å². The Balaban J connectivity index is 0.00000144. The van der Waals surface area contributed by atoms with E-state index in [1.165, 1.54) is 5.56 Å². The fourth-order valence-corrected chi connectivity index (χ4v) is 3.91. The van der Waals surface area contributed by atoms with Crippen molar-refractivity contribution in [1.82, 2.24) is 15.3 Å². The molecule has 1 saturated carbocycles. The van der Waals surface area contributed by atoms with Crippen LogP contribution in [0.5, 0.6) is 0 Å². The van der Waals surface area contributed by atoms with Crippen molar-refractivity contribution in [2.75, 3.05) is 30.3 Å². The Morgan fingerprint density at radius 1 is 1.12 bits per heavy atom. The first-order valence-electron chi connectivity index (χ1n) is 11.0. The van der Waals surface area contributed by atoms with Crippen molar-refractivity contribution in [3.8, 4) is 11.8 Å². The quantitative estimate of drug-likeness (QED) is 0.483. The molecule has 3 heterocycles. The maximum absolute atomic E-state index is 13.4. The first-order valence-corrected chi connectivity index (χ1v) is 11.0. The lowest BCUT2D eigenvalue weighted by Crippen LogP contribution is -2.46. The first kappa shape index (κ1) is 20.2. The van der Waals surface area contributed by atoms with Gasteiger partial charge in [0.15, 0.2) is 0 Å². The molecule has 0 bridgehead atoms. The summed E-state index contributed by atoms with van der Waals surface area (Å²) in [5.74, 6) is 7.60. The van der Waals surface area contributed by atoms with Gasteiger partial charge in [-0.15, -0.1) is 0 Å². The van der Waals surface area contributed by atoms with Crippen LogP contribution in [0.2, 0.25) is 0 Å². The normalized spacial score (nSPS) is 18.0. The summed E-state index contributed by atoms with van der Waals surface area (Å²) in [6.07, 6.45) is 3.83. The van der Waals surface area contributed by atoms with Crippen molar-refractivity contribution >= 4 is 17.4 Å². The predicted octanol–water partition coefficient (Wildman–Crippen LogP) is 3.94. The summed E-state index contributed by atoms with van der Waals surface area (Å²) >= 11 is 0. The second-order valence-corrected chi connectivity index (χ2v) is 8.24. The number of nitrogens with zero attached hydrogens (tertiary/aromatic N) is 3. The van der Waals surface area contributed by atoms with Crippen molar-refractivity contribution in [3.63, 3.8) is 0 Å². The van der Waals surface area contributed by atoms with Gasteiger partial charge in [-0.3, -0.25) is 4.79 Å². The molecule has 2 aromatic heterocycles. The first-order chi connectivity index (χ1) is 15.7. The molecule has 0 spiro atoms. The Morgan fingerprint density at radius 3 is 2.75 bits per heavy atom. The number of carbonyl (C=O) groups is 1. The lowest BCUT2D eigenvalue weighted by Gasteiger charge is -2.35. The SMILES string of the molecule is Nc1ncccc1C(=O)c1nc(N2CCNC(c3ccccc3)C2)ccc1C#CC1CC1.[HH].[HH].[HH]. The van der Waals surface area contributed by atoms with Gasteiger partial charge in [0.05, 0.1) is 11.1 Å². The molecule has 0 amide bonds. The Hall–Kier alpha value is -3.69. The third-order valence-electron chi connectivity index (χ3n) is 5.87. The molecule has 2 aliphatic rings. The minimum absolute atomic E-state index is 0. The Labute approximate surface area is 192 Å². The summed E-state index contributed by atoms with van der Waals surface area (Å²) in [5.41, 5.74) is 8.57. The molecule has 6 heteroatoms. The number of rotatable bonds is 4. The van der Waals surface area contributed by atoms with Crippen molar-refractivity contribution in [2.24, 2.45) is 5.92 Å². The van der Waals surface area contributed by atoms with Crippen molar-refractivity contribution < 1.29 is 9.07 Å². The van der Waals surface area contributed by atoms with E-state index in [1.54, 1.807) is 18.3 Å². The third kappa shape index (κ3) is 4.34. The Morgan fingerprint density at radius 2 is 1.97 bits per heavy atom. The standard InChI is InChI=1S/C26H25N5O.3H2/c27-26-21(7-4-14-29-26)25(32)24-20(11-10-18-8-9-18)12-13-23(30-24)31-16-15-28-22(17-31)19-5-2-1-3-6-19;;;/h1-7,12-14,18,22,28H,8-9,15-17H2,(H2,27,29);3*1H. The molecule has 1 aromatic carbocycles. The van der Waals surface area contributed by atoms with E-state index in [9.17, 15) is 4.79 Å². The number of carbonyl (C=O) groups excluding carboxylic acids is 1. The average molecular weight is 430 g/mol. The van der Waals surface area contributed by atoms with Crippen molar-refractivity contribution in [3.05, 3.63) is 83.2 Å². The molecular weight excluding hydrogens is 398 g/mol. The van der Waals surface area contributed by atoms with Crippen LogP contribution in [0.1, 0.15) is 50.3 Å². The van der Waals surface area contributed by atoms with Crippen LogP contribution in [0, 0.1) is 17.8 Å². The van der Waals surface area contributed by atoms with Crippen LogP contribution in [0.15, 0.2) is 60.8 Å². The van der Waals surface area contributed by atoms with E-state index >= 15 is 0 Å². The van der Waals surface area contributed by atoms with Gasteiger partial charge in [-0.2, -0.15) is 0 Å². The summed E-state index contributed by atoms with van der Waals surface area (Å²) in [7, 11) is 0. The molecule has 1 aliphatic heterocycles. The molecule has 1 aliphatic carbocycles. The zero-order chi connectivity index (χ0) is 21.9. The van der Waals surface area contributed by atoms with E-state index in [0.29, 0.717) is 22.7 Å². The van der Waals surface area contributed by atoms with Crippen LogP contribution >= 0.6 is 0 Å². The summed E-state index contributed by atoms with van der Waals surface area (Å²) in [5, 5.41) is 3.57. The van der Waals surface area contributed by atoms with E-state index in [1.807, 2.05) is 18.2 Å². The van der Waals surface area contributed by atoms with E-state index in [-0.39, 0.29) is 21.9 Å². The third-order valence-corrected chi connectivity index (χ3v) is 5.87. The van der Waals surface area contributed by atoms with Gasteiger partial charge in [0.25, 0.3) is 0 Å². The highest BCUT2D eigenvalue weighted by Gasteiger charge is 2.25. The molecule has 0 radical (unpaired) electrons. The zero-order valence-electron chi connectivity index (χ0n) is 17.8. The molecule has 1 atom stereocenters. The van der Waals surface area contributed by atoms with Crippen LogP contribution in [0.3, 0.4) is 0 Å². The molecule has 6 nitrogen and oxygen atoms in total. The van der Waals surface area contributed by atoms with E-state index in [0.717, 1.165) is 38.3 Å². The Bertz CT molecular complexity index is 1210. The maximum atomic E-state index is 13.4. The van der Waals surface area contributed by atoms with Gasteiger partial charge >= 0.3 is 0 Å². The lowest BCUT2D eigenvalue weighted by atomic mass is 10.0. The molecule has 3 N–H and O–H groups in total. The van der Waals surface area contributed by atoms with Crippen molar-refractivity contribution in [1.29, 1.82) is 0 Å². The number of anilines is 2. The van der Waals surface area contributed by atoms with E-state index in [2.05, 4.69) is 51.3 Å². The van der Waals surface area contributed by atoms with Gasteiger partial charge in [-0.1, -0.05) is 42.2 Å². The summed E-state index contributed by atoms with van der Waals surface area (Å²) in [4.78, 5) is 24.5. The molecule has 1 unspecified atom stereocenters. The highest BCUT2D eigenvalue weighted by atomic mass is 16.1. The molecule has 5 rings (SSSR count). The van der Waals surface area contributed by atoms with Gasteiger partial charge in [0, 0.05) is 42.1 Å². The molecule has 1 saturated heterocycles. The van der Waals surface area contributed by atoms with E-state index < -0.39 is 0 Å². The molecule has 166 valence electrons. The number of nitrogen functional groups attached to an aromatic ring is 1. The smallest absolute Gasteiger partial charge is 0.216 e. The van der Waals surface area contributed by atoms with Gasteiger partial charge in [-0.25, -0.2) is 9.97 Å². The predicted molar refractivity (Wildman–Crippen MR) is 132 cm³/mol. The summed E-state index contributed by atoms with van der Waals surface area (Å²) < 4.78 is 0. The highest BCUT2D eigenvalue weighted by Crippen LogP contribution is 2.28. The average Bonchev–Trinajstić information content (AvgIpc) is 3.68. The topological polar surface area (TPSA) is 84.1 Å². The van der Waals surface area contributed by atoms with Crippen molar-refractivity contribution in [2.45, 2.75) is 18.9 Å². The van der Waals surface area contributed by atoms with E-state index in [4.69, 9.17) is 10.7 Å². The number of piperazine rings is 1. The number of hydrogen-bond donors (Lipinski definition) is 2. The maximum Gasteiger partial charge on any atom is 0.216 e. The molecule has 2 fully saturated rings.